The number of fused-ring (bicyclic) bond motifs is 1. The Morgan fingerprint density at radius 1 is 1.20 bits per heavy atom. The molecular weight excluding hydrogens is 184 g/mol. The van der Waals surface area contributed by atoms with E-state index in [4.69, 9.17) is 4.74 Å². The van der Waals surface area contributed by atoms with Gasteiger partial charge in [-0.15, -0.1) is 0 Å². The molecule has 2 saturated carbocycles. The lowest BCUT2D eigenvalue weighted by Gasteiger charge is -2.31. The van der Waals surface area contributed by atoms with Crippen LogP contribution in [0.4, 0.5) is 0 Å². The molecule has 2 aliphatic carbocycles. The van der Waals surface area contributed by atoms with E-state index in [9.17, 15) is 0 Å². The van der Waals surface area contributed by atoms with Gasteiger partial charge in [0.1, 0.15) is 0 Å². The van der Waals surface area contributed by atoms with E-state index in [1.54, 1.807) is 0 Å². The van der Waals surface area contributed by atoms with E-state index in [1.165, 1.54) is 31.2 Å². The third-order valence-corrected chi connectivity index (χ3v) is 4.34. The Bertz CT molecular complexity index is 346. The molecule has 1 heteroatoms. The summed E-state index contributed by atoms with van der Waals surface area (Å²) in [6.07, 6.45) is 5.78. The van der Waals surface area contributed by atoms with Crippen molar-refractivity contribution in [3.8, 4) is 0 Å². The summed E-state index contributed by atoms with van der Waals surface area (Å²) in [5.74, 6) is 0.888. The predicted molar refractivity (Wildman–Crippen MR) is 60.9 cm³/mol. The number of rotatable bonds is 2. The fourth-order valence-corrected chi connectivity index (χ4v) is 3.53. The van der Waals surface area contributed by atoms with Crippen LogP contribution >= 0.6 is 0 Å². The van der Waals surface area contributed by atoms with Gasteiger partial charge in [-0.2, -0.15) is 0 Å². The van der Waals surface area contributed by atoms with E-state index in [1.807, 2.05) is 7.11 Å². The van der Waals surface area contributed by atoms with Gasteiger partial charge in [-0.1, -0.05) is 36.8 Å². The molecule has 1 aromatic rings. The second-order valence-corrected chi connectivity index (χ2v) is 4.96. The molecule has 1 aromatic carbocycles. The molecule has 3 atom stereocenters. The summed E-state index contributed by atoms with van der Waals surface area (Å²) < 4.78 is 5.70. The summed E-state index contributed by atoms with van der Waals surface area (Å²) in [4.78, 5) is 0. The maximum absolute atomic E-state index is 5.70. The van der Waals surface area contributed by atoms with E-state index in [0.29, 0.717) is 11.5 Å². The lowest BCUT2D eigenvalue weighted by atomic mass is 9.80. The maximum Gasteiger partial charge on any atom is 0.0670 e. The van der Waals surface area contributed by atoms with Crippen LogP contribution in [0.1, 0.15) is 31.2 Å². The van der Waals surface area contributed by atoms with E-state index in [-0.39, 0.29) is 0 Å². The Hall–Kier alpha value is -0.820. The van der Waals surface area contributed by atoms with E-state index in [2.05, 4.69) is 30.3 Å². The van der Waals surface area contributed by atoms with Crippen LogP contribution in [-0.4, -0.2) is 13.2 Å². The first-order chi connectivity index (χ1) is 7.38. The maximum atomic E-state index is 5.70. The molecule has 0 N–H and O–H groups in total. The number of ether oxygens (including phenoxy) is 1. The molecule has 15 heavy (non-hydrogen) atoms. The van der Waals surface area contributed by atoms with Crippen LogP contribution in [0.3, 0.4) is 0 Å². The van der Waals surface area contributed by atoms with Crippen molar-refractivity contribution < 1.29 is 4.74 Å². The number of methoxy groups -OCH3 is 1. The molecule has 0 heterocycles. The van der Waals surface area contributed by atoms with Crippen molar-refractivity contribution in [3.05, 3.63) is 35.9 Å². The third-order valence-electron chi connectivity index (χ3n) is 4.34. The van der Waals surface area contributed by atoms with Crippen LogP contribution < -0.4 is 0 Å². The van der Waals surface area contributed by atoms with Crippen LogP contribution in [0.2, 0.25) is 0 Å². The van der Waals surface area contributed by atoms with E-state index in [0.717, 1.165) is 5.92 Å². The average Bonchev–Trinajstić information content (AvgIpc) is 3.05. The molecule has 0 amide bonds. The van der Waals surface area contributed by atoms with Crippen molar-refractivity contribution in [3.63, 3.8) is 0 Å². The topological polar surface area (TPSA) is 9.23 Å². The van der Waals surface area contributed by atoms with Crippen LogP contribution in [0, 0.1) is 5.92 Å². The van der Waals surface area contributed by atoms with Crippen LogP contribution in [0.25, 0.3) is 0 Å². The zero-order valence-corrected chi connectivity index (χ0v) is 9.28. The minimum atomic E-state index is 0.383. The molecule has 0 saturated heterocycles. The van der Waals surface area contributed by atoms with E-state index >= 15 is 0 Å². The molecule has 2 aliphatic rings. The van der Waals surface area contributed by atoms with Gasteiger partial charge >= 0.3 is 0 Å². The second-order valence-electron chi connectivity index (χ2n) is 4.96. The van der Waals surface area contributed by atoms with Crippen molar-refractivity contribution in [2.45, 2.75) is 37.2 Å². The summed E-state index contributed by atoms with van der Waals surface area (Å²) >= 11 is 0. The summed E-state index contributed by atoms with van der Waals surface area (Å²) in [7, 11) is 1.87. The first-order valence-corrected chi connectivity index (χ1v) is 5.96. The van der Waals surface area contributed by atoms with Gasteiger partial charge in [-0.3, -0.25) is 0 Å². The highest BCUT2D eigenvalue weighted by Crippen LogP contribution is 2.62. The lowest BCUT2D eigenvalue weighted by Crippen LogP contribution is -2.33. The summed E-state index contributed by atoms with van der Waals surface area (Å²) in [6.45, 7) is 0. The molecule has 2 fully saturated rings. The molecule has 1 nitrogen and oxygen atoms in total. The number of hydrogen-bond donors (Lipinski definition) is 0. The normalized spacial score (nSPS) is 38.5. The first-order valence-electron chi connectivity index (χ1n) is 5.96. The molecule has 0 aromatic heterocycles. The zero-order valence-electron chi connectivity index (χ0n) is 9.28. The predicted octanol–water partition coefficient (Wildman–Crippen LogP) is 3.14. The molecule has 80 valence electrons. The minimum Gasteiger partial charge on any atom is -0.381 e. The van der Waals surface area contributed by atoms with Crippen LogP contribution in [0.15, 0.2) is 30.3 Å². The van der Waals surface area contributed by atoms with Crippen molar-refractivity contribution >= 4 is 0 Å². The Balaban J connectivity index is 1.96. The molecule has 0 bridgehead atoms. The Kier molecular flexibility index (Phi) is 2.10. The van der Waals surface area contributed by atoms with Crippen LogP contribution in [0.5, 0.6) is 0 Å². The highest BCUT2D eigenvalue weighted by Gasteiger charge is 2.61. The average molecular weight is 202 g/mol. The van der Waals surface area contributed by atoms with Crippen molar-refractivity contribution in [2.75, 3.05) is 7.11 Å². The second kappa shape index (κ2) is 3.34. The van der Waals surface area contributed by atoms with Crippen molar-refractivity contribution in [1.29, 1.82) is 0 Å². The monoisotopic (exact) mass is 202 g/mol. The standard InChI is InChI=1S/C14H18O/c1-15-13-9-5-8-12-10-14(12,13)11-6-3-2-4-7-11/h2-4,6-7,12-13H,5,8-10H2,1H3/t12-,13+,14-/m1/s1. The van der Waals surface area contributed by atoms with Gasteiger partial charge in [-0.25, -0.2) is 0 Å². The quantitative estimate of drug-likeness (QED) is 0.716. The first kappa shape index (κ1) is 9.41. The summed E-state index contributed by atoms with van der Waals surface area (Å²) in [5, 5.41) is 0. The van der Waals surface area contributed by atoms with Gasteiger partial charge in [0, 0.05) is 12.5 Å². The molecule has 0 unspecified atom stereocenters. The van der Waals surface area contributed by atoms with Gasteiger partial charge in [-0.05, 0) is 30.7 Å². The zero-order chi connectivity index (χ0) is 10.3. The molecule has 0 radical (unpaired) electrons. The lowest BCUT2D eigenvalue weighted by molar-refractivity contribution is 0.0426. The highest BCUT2D eigenvalue weighted by atomic mass is 16.5. The molecular formula is C14H18O. The summed E-state index contributed by atoms with van der Waals surface area (Å²) in [6, 6.07) is 11.0. The largest absolute Gasteiger partial charge is 0.381 e. The Morgan fingerprint density at radius 3 is 2.73 bits per heavy atom. The SMILES string of the molecule is CO[C@H]1CCC[C@@H]2C[C@@]21c1ccccc1. The molecule has 3 rings (SSSR count). The van der Waals surface area contributed by atoms with Crippen molar-refractivity contribution in [1.82, 2.24) is 0 Å². The van der Waals surface area contributed by atoms with Crippen molar-refractivity contribution in [2.24, 2.45) is 5.92 Å². The van der Waals surface area contributed by atoms with Gasteiger partial charge in [0.15, 0.2) is 0 Å². The van der Waals surface area contributed by atoms with E-state index < -0.39 is 0 Å². The van der Waals surface area contributed by atoms with Gasteiger partial charge in [0.2, 0.25) is 0 Å². The number of hydrogen-bond acceptors (Lipinski definition) is 1. The van der Waals surface area contributed by atoms with Gasteiger partial charge < -0.3 is 4.74 Å². The number of benzene rings is 1. The Morgan fingerprint density at radius 2 is 2.00 bits per heavy atom. The minimum absolute atomic E-state index is 0.383. The van der Waals surface area contributed by atoms with Gasteiger partial charge in [0.05, 0.1) is 6.10 Å². The fraction of sp³-hybridized carbons (Fsp3) is 0.571. The third kappa shape index (κ3) is 1.26. The smallest absolute Gasteiger partial charge is 0.0670 e. The molecule has 0 spiro atoms. The Labute approximate surface area is 91.5 Å². The summed E-state index contributed by atoms with van der Waals surface area (Å²) in [5.41, 5.74) is 1.88. The highest BCUT2D eigenvalue weighted by molar-refractivity contribution is 5.36. The van der Waals surface area contributed by atoms with Gasteiger partial charge in [0.25, 0.3) is 0 Å². The fourth-order valence-electron chi connectivity index (χ4n) is 3.53. The van der Waals surface area contributed by atoms with Crippen LogP contribution in [-0.2, 0) is 10.2 Å². The molecule has 0 aliphatic heterocycles.